The number of ether oxygens (including phenoxy) is 5. The van der Waals surface area contributed by atoms with Gasteiger partial charge in [0.1, 0.15) is 12.4 Å². The van der Waals surface area contributed by atoms with Gasteiger partial charge in [-0.1, -0.05) is 6.07 Å². The van der Waals surface area contributed by atoms with Gasteiger partial charge in [-0.3, -0.25) is 0 Å². The van der Waals surface area contributed by atoms with Crippen molar-refractivity contribution in [2.24, 2.45) is 0 Å². The van der Waals surface area contributed by atoms with Crippen LogP contribution in [0.3, 0.4) is 0 Å². The summed E-state index contributed by atoms with van der Waals surface area (Å²) in [4.78, 5) is 13.0. The number of hydrogen-bond donors (Lipinski definition) is 0. The van der Waals surface area contributed by atoms with E-state index in [0.29, 0.717) is 34.3 Å². The minimum Gasteiger partial charge on any atom is -0.493 e. The van der Waals surface area contributed by atoms with Crippen LogP contribution in [0.25, 0.3) is 33.2 Å². The molecule has 6 rings (SSSR count). The zero-order valence-corrected chi connectivity index (χ0v) is 17.4. The number of esters is 1. The molecule has 2 aliphatic rings. The largest absolute Gasteiger partial charge is 0.493 e. The number of fused-ring (bicyclic) bond motifs is 3. The zero-order valence-electron chi connectivity index (χ0n) is 17.4. The Morgan fingerprint density at radius 3 is 2.28 bits per heavy atom. The molecule has 0 amide bonds. The summed E-state index contributed by atoms with van der Waals surface area (Å²) in [5, 5.41) is 1.67. The van der Waals surface area contributed by atoms with Gasteiger partial charge in [0.2, 0.25) is 6.79 Å². The van der Waals surface area contributed by atoms with E-state index in [0.717, 1.165) is 33.0 Å². The van der Waals surface area contributed by atoms with Gasteiger partial charge in [-0.25, -0.2) is 4.79 Å². The molecule has 7 heteroatoms. The molecular weight excluding hydrogens is 412 g/mol. The van der Waals surface area contributed by atoms with Crippen molar-refractivity contribution in [3.05, 3.63) is 59.9 Å². The van der Waals surface area contributed by atoms with Gasteiger partial charge in [-0.2, -0.15) is 0 Å². The summed E-state index contributed by atoms with van der Waals surface area (Å²) in [6, 6.07) is 13.1. The number of carbonyl (C=O) groups excluding carboxylic acids is 1. The van der Waals surface area contributed by atoms with E-state index in [1.54, 1.807) is 20.5 Å². The van der Waals surface area contributed by atoms with Gasteiger partial charge in [0.15, 0.2) is 23.0 Å². The van der Waals surface area contributed by atoms with Crippen LogP contribution in [0.5, 0.6) is 23.0 Å². The summed E-state index contributed by atoms with van der Waals surface area (Å²) >= 11 is 0. The highest BCUT2D eigenvalue weighted by Gasteiger charge is 2.33. The molecule has 3 heterocycles. The van der Waals surface area contributed by atoms with E-state index in [-0.39, 0.29) is 19.4 Å². The van der Waals surface area contributed by atoms with E-state index in [2.05, 4.69) is 0 Å². The molecule has 0 saturated carbocycles. The molecule has 7 nitrogen and oxygen atoms in total. The predicted molar refractivity (Wildman–Crippen MR) is 115 cm³/mol. The molecule has 0 N–H and O–H groups in total. The first-order valence-corrected chi connectivity index (χ1v) is 10.0. The number of hydrogen-bond acceptors (Lipinski definition) is 7. The number of cyclic esters (lactones) is 1. The van der Waals surface area contributed by atoms with Gasteiger partial charge in [-0.15, -0.1) is 0 Å². The number of benzene rings is 3. The highest BCUT2D eigenvalue weighted by molar-refractivity contribution is 6.16. The Hall–Kier alpha value is -4.13. The summed E-state index contributed by atoms with van der Waals surface area (Å²) in [5.74, 6) is 2.70. The Kier molecular flexibility index (Phi) is 4.04. The van der Waals surface area contributed by atoms with Gasteiger partial charge in [0.25, 0.3) is 0 Å². The van der Waals surface area contributed by atoms with Crippen molar-refractivity contribution in [1.82, 2.24) is 0 Å². The Morgan fingerprint density at radius 1 is 0.812 bits per heavy atom. The van der Waals surface area contributed by atoms with E-state index >= 15 is 0 Å². The lowest BCUT2D eigenvalue weighted by Crippen LogP contribution is -2.01. The molecule has 3 aromatic carbocycles. The molecule has 32 heavy (non-hydrogen) atoms. The standard InChI is InChI=1S/C25H18O7/c1-27-19-9-14-15(10-20(19)28-2)23(18-4-3-7-29-18)16-11-30-25(26)24(16)22(14)13-5-6-17-21(8-13)32-12-31-17/h3-10H,11-12H2,1-2H3. The molecule has 2 aliphatic heterocycles. The topological polar surface area (TPSA) is 76.4 Å². The third kappa shape index (κ3) is 2.57. The van der Waals surface area contributed by atoms with Crippen molar-refractivity contribution in [2.75, 3.05) is 21.0 Å². The predicted octanol–water partition coefficient (Wildman–Crippen LogP) is 5.18. The average Bonchev–Trinajstić information content (AvgIpc) is 3.58. The SMILES string of the molecule is COc1cc2c(-c3ccco3)c3c(c(-c4ccc5c(c4)OCO5)c2cc1OC)C(=O)OC3. The first kappa shape index (κ1) is 18.6. The van der Waals surface area contributed by atoms with Gasteiger partial charge in [0.05, 0.1) is 26.0 Å². The monoisotopic (exact) mass is 430 g/mol. The molecule has 0 unspecified atom stereocenters. The lowest BCUT2D eigenvalue weighted by atomic mass is 9.85. The number of rotatable bonds is 4. The maximum absolute atomic E-state index is 13.0. The van der Waals surface area contributed by atoms with Crippen LogP contribution >= 0.6 is 0 Å². The summed E-state index contributed by atoms with van der Waals surface area (Å²) in [6.45, 7) is 0.328. The lowest BCUT2D eigenvalue weighted by Gasteiger charge is -2.18. The zero-order chi connectivity index (χ0) is 21.8. The maximum atomic E-state index is 13.0. The highest BCUT2D eigenvalue weighted by atomic mass is 16.7. The van der Waals surface area contributed by atoms with Crippen LogP contribution in [-0.2, 0) is 11.3 Å². The highest BCUT2D eigenvalue weighted by Crippen LogP contribution is 2.49. The van der Waals surface area contributed by atoms with Crippen LogP contribution in [0.1, 0.15) is 15.9 Å². The van der Waals surface area contributed by atoms with Crippen LogP contribution in [0.15, 0.2) is 53.1 Å². The molecule has 1 aromatic heterocycles. The molecule has 0 fully saturated rings. The summed E-state index contributed by atoms with van der Waals surface area (Å²) in [7, 11) is 3.17. The molecule has 0 bridgehead atoms. The van der Waals surface area contributed by atoms with Gasteiger partial charge in [0, 0.05) is 16.7 Å². The summed E-state index contributed by atoms with van der Waals surface area (Å²) in [6.07, 6.45) is 1.61. The van der Waals surface area contributed by atoms with E-state index in [9.17, 15) is 4.79 Å². The van der Waals surface area contributed by atoms with E-state index < -0.39 is 0 Å². The Morgan fingerprint density at radius 2 is 1.56 bits per heavy atom. The number of furan rings is 1. The fourth-order valence-electron chi connectivity index (χ4n) is 4.50. The Labute approximate surface area is 183 Å². The van der Waals surface area contributed by atoms with Crippen molar-refractivity contribution in [3.8, 4) is 45.4 Å². The van der Waals surface area contributed by atoms with Crippen LogP contribution in [0.4, 0.5) is 0 Å². The maximum Gasteiger partial charge on any atom is 0.339 e. The fraction of sp³-hybridized carbons (Fsp3) is 0.160. The second-order valence-electron chi connectivity index (χ2n) is 7.48. The van der Waals surface area contributed by atoms with Crippen molar-refractivity contribution < 1.29 is 32.9 Å². The van der Waals surface area contributed by atoms with E-state index in [1.165, 1.54) is 0 Å². The minimum atomic E-state index is -0.378. The molecule has 0 radical (unpaired) electrons. The Bertz CT molecular complexity index is 1390. The molecule has 160 valence electrons. The van der Waals surface area contributed by atoms with Crippen LogP contribution < -0.4 is 18.9 Å². The third-order valence-corrected chi connectivity index (χ3v) is 5.90. The van der Waals surface area contributed by atoms with E-state index in [1.807, 2.05) is 42.5 Å². The average molecular weight is 430 g/mol. The summed E-state index contributed by atoms with van der Waals surface area (Å²) < 4.78 is 33.4. The second-order valence-corrected chi connectivity index (χ2v) is 7.48. The van der Waals surface area contributed by atoms with Crippen LogP contribution in [0.2, 0.25) is 0 Å². The van der Waals surface area contributed by atoms with Gasteiger partial charge >= 0.3 is 5.97 Å². The van der Waals surface area contributed by atoms with Crippen molar-refractivity contribution in [1.29, 1.82) is 0 Å². The first-order chi connectivity index (χ1) is 15.7. The molecule has 0 aliphatic carbocycles. The van der Waals surface area contributed by atoms with Gasteiger partial charge < -0.3 is 28.1 Å². The van der Waals surface area contributed by atoms with Crippen molar-refractivity contribution >= 4 is 16.7 Å². The second kappa shape index (κ2) is 6.95. The first-order valence-electron chi connectivity index (χ1n) is 10.0. The smallest absolute Gasteiger partial charge is 0.339 e. The van der Waals surface area contributed by atoms with Crippen LogP contribution in [-0.4, -0.2) is 27.0 Å². The minimum absolute atomic E-state index is 0.159. The fourth-order valence-corrected chi connectivity index (χ4v) is 4.50. The Balaban J connectivity index is 1.77. The summed E-state index contributed by atoms with van der Waals surface area (Å²) in [5.41, 5.74) is 3.64. The van der Waals surface area contributed by atoms with Gasteiger partial charge in [-0.05, 0) is 52.7 Å². The quantitative estimate of drug-likeness (QED) is 0.413. The molecule has 0 spiro atoms. The van der Waals surface area contributed by atoms with Crippen molar-refractivity contribution in [3.63, 3.8) is 0 Å². The number of methoxy groups -OCH3 is 2. The molecule has 4 aromatic rings. The molecular formula is C25H18O7. The lowest BCUT2D eigenvalue weighted by molar-refractivity contribution is 0.0536. The third-order valence-electron chi connectivity index (χ3n) is 5.90. The normalized spacial score (nSPS) is 13.9. The number of carbonyl (C=O) groups is 1. The van der Waals surface area contributed by atoms with Crippen LogP contribution in [0, 0.1) is 0 Å². The molecule has 0 saturated heterocycles. The van der Waals surface area contributed by atoms with E-state index in [4.69, 9.17) is 28.1 Å². The van der Waals surface area contributed by atoms with Crippen molar-refractivity contribution in [2.45, 2.75) is 6.61 Å². The molecule has 0 atom stereocenters.